The molecule has 3 aromatic rings. The van der Waals surface area contributed by atoms with Crippen LogP contribution in [0, 0.1) is 5.82 Å². The molecule has 33 heavy (non-hydrogen) atoms. The van der Waals surface area contributed by atoms with Crippen molar-refractivity contribution < 1.29 is 14.0 Å². The van der Waals surface area contributed by atoms with E-state index >= 15 is 0 Å². The highest BCUT2D eigenvalue weighted by molar-refractivity contribution is 5.92. The minimum Gasteiger partial charge on any atom is -0.349 e. The van der Waals surface area contributed by atoms with Gasteiger partial charge in [0.05, 0.1) is 19.0 Å². The van der Waals surface area contributed by atoms with Gasteiger partial charge in [-0.2, -0.15) is 0 Å². The highest BCUT2D eigenvalue weighted by Crippen LogP contribution is 2.20. The Morgan fingerprint density at radius 3 is 2.42 bits per heavy atom. The van der Waals surface area contributed by atoms with Gasteiger partial charge < -0.3 is 10.6 Å². The Morgan fingerprint density at radius 2 is 1.73 bits per heavy atom. The number of anilines is 1. The van der Waals surface area contributed by atoms with Gasteiger partial charge in [0.25, 0.3) is 0 Å². The SMILES string of the molecule is C=CCNC(=O)N(Cc1ccc(F)cc1)c1cccc(CC(=O)N[C@@H](C)c2ccccc2)c1. The maximum atomic E-state index is 13.3. The molecule has 2 N–H and O–H groups in total. The quantitative estimate of drug-likeness (QED) is 0.448. The minimum absolute atomic E-state index is 0.107. The first-order chi connectivity index (χ1) is 16.0. The molecule has 170 valence electrons. The van der Waals surface area contributed by atoms with E-state index in [9.17, 15) is 14.0 Å². The van der Waals surface area contributed by atoms with Crippen molar-refractivity contribution in [1.82, 2.24) is 10.6 Å². The van der Waals surface area contributed by atoms with E-state index in [2.05, 4.69) is 17.2 Å². The number of amides is 3. The molecule has 0 aliphatic rings. The molecule has 0 fully saturated rings. The second-order valence-corrected chi connectivity index (χ2v) is 7.73. The van der Waals surface area contributed by atoms with Crippen molar-refractivity contribution in [2.24, 2.45) is 0 Å². The maximum absolute atomic E-state index is 13.3. The number of carbonyl (C=O) groups excluding carboxylic acids is 2. The Hall–Kier alpha value is -3.93. The summed E-state index contributed by atoms with van der Waals surface area (Å²) < 4.78 is 13.3. The monoisotopic (exact) mass is 445 g/mol. The number of halogens is 1. The van der Waals surface area contributed by atoms with Gasteiger partial charge in [0.15, 0.2) is 0 Å². The van der Waals surface area contributed by atoms with Crippen molar-refractivity contribution >= 4 is 17.6 Å². The predicted octanol–water partition coefficient (Wildman–Crippen LogP) is 5.15. The molecule has 0 bridgehead atoms. The zero-order chi connectivity index (χ0) is 23.6. The number of nitrogens with one attached hydrogen (secondary N) is 2. The Bertz CT molecular complexity index is 1080. The Balaban J connectivity index is 1.74. The highest BCUT2D eigenvalue weighted by atomic mass is 19.1. The molecule has 0 aliphatic heterocycles. The third-order valence-corrected chi connectivity index (χ3v) is 5.16. The molecule has 0 unspecified atom stereocenters. The molecule has 6 heteroatoms. The Kier molecular flexibility index (Phi) is 8.36. The molecule has 0 aliphatic carbocycles. The molecule has 0 spiro atoms. The van der Waals surface area contributed by atoms with E-state index in [0.29, 0.717) is 12.2 Å². The first-order valence-electron chi connectivity index (χ1n) is 10.8. The number of carbonyl (C=O) groups is 2. The fraction of sp³-hybridized carbons (Fsp3) is 0.185. The fourth-order valence-electron chi connectivity index (χ4n) is 3.44. The third kappa shape index (κ3) is 7.04. The van der Waals surface area contributed by atoms with Crippen LogP contribution < -0.4 is 15.5 Å². The molecule has 0 radical (unpaired) electrons. The van der Waals surface area contributed by atoms with Gasteiger partial charge in [0, 0.05) is 12.2 Å². The molecule has 1 atom stereocenters. The van der Waals surface area contributed by atoms with E-state index in [1.54, 1.807) is 23.1 Å². The molecule has 3 aromatic carbocycles. The summed E-state index contributed by atoms with van der Waals surface area (Å²) in [5.74, 6) is -0.441. The molecule has 0 saturated carbocycles. The zero-order valence-corrected chi connectivity index (χ0v) is 18.6. The van der Waals surface area contributed by atoms with Gasteiger partial charge in [-0.15, -0.1) is 6.58 Å². The van der Waals surface area contributed by atoms with E-state index in [4.69, 9.17) is 0 Å². The second-order valence-electron chi connectivity index (χ2n) is 7.73. The zero-order valence-electron chi connectivity index (χ0n) is 18.6. The van der Waals surface area contributed by atoms with Gasteiger partial charge in [-0.3, -0.25) is 9.69 Å². The van der Waals surface area contributed by atoms with Crippen molar-refractivity contribution in [3.8, 4) is 0 Å². The van der Waals surface area contributed by atoms with Crippen molar-refractivity contribution in [2.45, 2.75) is 25.9 Å². The summed E-state index contributed by atoms with van der Waals surface area (Å²) in [7, 11) is 0. The summed E-state index contributed by atoms with van der Waals surface area (Å²) in [5, 5.41) is 5.79. The van der Waals surface area contributed by atoms with Gasteiger partial charge in [0.2, 0.25) is 5.91 Å². The lowest BCUT2D eigenvalue weighted by molar-refractivity contribution is -0.121. The van der Waals surface area contributed by atoms with Gasteiger partial charge >= 0.3 is 6.03 Å². The highest BCUT2D eigenvalue weighted by Gasteiger charge is 2.17. The van der Waals surface area contributed by atoms with E-state index in [-0.39, 0.29) is 36.8 Å². The van der Waals surface area contributed by atoms with Crippen molar-refractivity contribution in [3.05, 3.63) is 114 Å². The largest absolute Gasteiger partial charge is 0.349 e. The lowest BCUT2D eigenvalue weighted by atomic mass is 10.1. The second kappa shape index (κ2) is 11.6. The molecule has 0 saturated heterocycles. The molecule has 0 heterocycles. The Morgan fingerprint density at radius 1 is 1.00 bits per heavy atom. The van der Waals surface area contributed by atoms with E-state index in [0.717, 1.165) is 16.7 Å². The average Bonchev–Trinajstić information content (AvgIpc) is 2.82. The first kappa shape index (κ1) is 23.7. The standard InChI is InChI=1S/C27H28FN3O2/c1-3-16-29-27(33)31(19-21-12-14-24(28)15-13-21)25-11-7-8-22(17-25)18-26(32)30-20(2)23-9-5-4-6-10-23/h3-15,17,20H,1,16,18-19H2,2H3,(H,29,33)(H,30,32)/t20-/m0/s1. The fourth-order valence-corrected chi connectivity index (χ4v) is 3.44. The molecule has 3 amide bonds. The smallest absolute Gasteiger partial charge is 0.322 e. The third-order valence-electron chi connectivity index (χ3n) is 5.16. The summed E-state index contributed by atoms with van der Waals surface area (Å²) in [6.07, 6.45) is 1.78. The van der Waals surface area contributed by atoms with Crippen molar-refractivity contribution in [3.63, 3.8) is 0 Å². The van der Waals surface area contributed by atoms with Gasteiger partial charge in [-0.05, 0) is 47.9 Å². The normalized spacial score (nSPS) is 11.3. The van der Waals surface area contributed by atoms with Crippen molar-refractivity contribution in [1.29, 1.82) is 0 Å². The number of rotatable bonds is 9. The topological polar surface area (TPSA) is 61.4 Å². The van der Waals surface area contributed by atoms with Crippen LogP contribution in [0.1, 0.15) is 29.7 Å². The van der Waals surface area contributed by atoms with Crippen LogP contribution in [0.15, 0.2) is 91.5 Å². The van der Waals surface area contributed by atoms with Crippen LogP contribution in [-0.4, -0.2) is 18.5 Å². The van der Waals surface area contributed by atoms with Crippen LogP contribution in [0.25, 0.3) is 0 Å². The summed E-state index contributed by atoms with van der Waals surface area (Å²) in [6, 6.07) is 22.7. The lowest BCUT2D eigenvalue weighted by Gasteiger charge is -2.24. The molecule has 0 aromatic heterocycles. The molecular formula is C27H28FN3O2. The summed E-state index contributed by atoms with van der Waals surface area (Å²) in [4.78, 5) is 27.0. The number of benzene rings is 3. The minimum atomic E-state index is -0.334. The number of urea groups is 1. The van der Waals surface area contributed by atoms with Crippen LogP contribution in [0.3, 0.4) is 0 Å². The number of hydrogen-bond donors (Lipinski definition) is 2. The lowest BCUT2D eigenvalue weighted by Crippen LogP contribution is -2.39. The van der Waals surface area contributed by atoms with Crippen LogP contribution in [0.4, 0.5) is 14.9 Å². The number of hydrogen-bond acceptors (Lipinski definition) is 2. The van der Waals surface area contributed by atoms with Crippen LogP contribution >= 0.6 is 0 Å². The molecular weight excluding hydrogens is 417 g/mol. The van der Waals surface area contributed by atoms with Gasteiger partial charge in [-0.25, -0.2) is 9.18 Å². The van der Waals surface area contributed by atoms with E-state index < -0.39 is 0 Å². The van der Waals surface area contributed by atoms with E-state index in [1.165, 1.54) is 12.1 Å². The maximum Gasteiger partial charge on any atom is 0.322 e. The van der Waals surface area contributed by atoms with Gasteiger partial charge in [-0.1, -0.05) is 60.7 Å². The predicted molar refractivity (Wildman–Crippen MR) is 129 cm³/mol. The van der Waals surface area contributed by atoms with Crippen LogP contribution in [0.2, 0.25) is 0 Å². The Labute approximate surface area is 193 Å². The molecule has 5 nitrogen and oxygen atoms in total. The van der Waals surface area contributed by atoms with Crippen molar-refractivity contribution in [2.75, 3.05) is 11.4 Å². The van der Waals surface area contributed by atoms with Crippen LogP contribution in [-0.2, 0) is 17.8 Å². The average molecular weight is 446 g/mol. The van der Waals surface area contributed by atoms with Crippen LogP contribution in [0.5, 0.6) is 0 Å². The summed E-state index contributed by atoms with van der Waals surface area (Å²) in [5.41, 5.74) is 3.24. The van der Waals surface area contributed by atoms with Gasteiger partial charge in [0.1, 0.15) is 5.82 Å². The molecule has 3 rings (SSSR count). The summed E-state index contributed by atoms with van der Waals surface area (Å²) >= 11 is 0. The van der Waals surface area contributed by atoms with E-state index in [1.807, 2.05) is 61.5 Å². The summed E-state index contributed by atoms with van der Waals surface area (Å²) in [6.45, 7) is 6.15. The first-order valence-corrected chi connectivity index (χ1v) is 10.8. The number of nitrogens with zero attached hydrogens (tertiary/aromatic N) is 1.